The van der Waals surface area contributed by atoms with Crippen LogP contribution in [0.4, 0.5) is 11.4 Å². The number of nitro benzene ring substituents is 1. The van der Waals surface area contributed by atoms with Gasteiger partial charge in [-0.1, -0.05) is 42.5 Å². The zero-order chi connectivity index (χ0) is 13.7. The molecule has 0 spiro atoms. The maximum absolute atomic E-state index is 10.9. The molecule has 0 fully saturated rings. The Bertz CT molecular complexity index is 558. The number of nitro groups is 1. The molecule has 0 aliphatic heterocycles. The summed E-state index contributed by atoms with van der Waals surface area (Å²) in [6.45, 7) is -0.143. The largest absolute Gasteiger partial charge is 0.394 e. The summed E-state index contributed by atoms with van der Waals surface area (Å²) in [5.74, 6) is 0. The maximum Gasteiger partial charge on any atom is 0.292 e. The third kappa shape index (κ3) is 3.08. The molecule has 2 N–H and O–H groups in total. The van der Waals surface area contributed by atoms with Crippen molar-refractivity contribution in [2.24, 2.45) is 0 Å². The lowest BCUT2D eigenvalue weighted by atomic mass is 10.1. The van der Waals surface area contributed by atoms with E-state index < -0.39 is 4.92 Å². The number of aliphatic hydroxyl groups excluding tert-OH is 1. The van der Waals surface area contributed by atoms with Crippen molar-refractivity contribution in [3.63, 3.8) is 0 Å². The number of benzene rings is 2. The first kappa shape index (κ1) is 13.0. The molecular weight excluding hydrogens is 244 g/mol. The third-order valence-corrected chi connectivity index (χ3v) is 2.81. The third-order valence-electron chi connectivity index (χ3n) is 2.81. The molecule has 0 radical (unpaired) electrons. The van der Waals surface area contributed by atoms with Gasteiger partial charge in [-0.3, -0.25) is 10.1 Å². The molecule has 2 aromatic carbocycles. The van der Waals surface area contributed by atoms with Crippen molar-refractivity contribution in [2.45, 2.75) is 6.04 Å². The van der Waals surface area contributed by atoms with Crippen LogP contribution in [0.3, 0.4) is 0 Å². The number of rotatable bonds is 5. The molecule has 0 bridgehead atoms. The number of anilines is 1. The smallest absolute Gasteiger partial charge is 0.292 e. The van der Waals surface area contributed by atoms with E-state index in [1.54, 1.807) is 18.2 Å². The molecule has 0 amide bonds. The van der Waals surface area contributed by atoms with Gasteiger partial charge in [0.1, 0.15) is 5.69 Å². The van der Waals surface area contributed by atoms with E-state index >= 15 is 0 Å². The molecule has 5 heteroatoms. The number of nitrogens with zero attached hydrogens (tertiary/aromatic N) is 1. The second-order valence-electron chi connectivity index (χ2n) is 4.06. The van der Waals surface area contributed by atoms with E-state index in [9.17, 15) is 15.2 Å². The van der Waals surface area contributed by atoms with Gasteiger partial charge in [0, 0.05) is 6.07 Å². The van der Waals surface area contributed by atoms with Crippen molar-refractivity contribution in [2.75, 3.05) is 11.9 Å². The number of para-hydroxylation sites is 2. The van der Waals surface area contributed by atoms with Crippen LogP contribution in [0.5, 0.6) is 0 Å². The minimum atomic E-state index is -0.443. The van der Waals surface area contributed by atoms with Crippen LogP contribution in [0.1, 0.15) is 11.6 Å². The minimum Gasteiger partial charge on any atom is -0.394 e. The SMILES string of the molecule is O=[N+]([O-])c1ccccc1NC(CO)c1ccccc1. The van der Waals surface area contributed by atoms with E-state index in [1.807, 2.05) is 30.3 Å². The molecule has 0 saturated heterocycles. The zero-order valence-corrected chi connectivity index (χ0v) is 10.2. The highest BCUT2D eigenvalue weighted by molar-refractivity contribution is 5.62. The fraction of sp³-hybridized carbons (Fsp3) is 0.143. The Hall–Kier alpha value is -2.40. The van der Waals surface area contributed by atoms with Gasteiger partial charge >= 0.3 is 0 Å². The standard InChI is InChI=1S/C14H14N2O3/c17-10-13(11-6-2-1-3-7-11)15-12-8-4-5-9-14(12)16(18)19/h1-9,13,15,17H,10H2. The average molecular weight is 258 g/mol. The van der Waals surface area contributed by atoms with Crippen LogP contribution in [0, 0.1) is 10.1 Å². The maximum atomic E-state index is 10.9. The molecule has 0 aliphatic carbocycles. The van der Waals surface area contributed by atoms with E-state index in [-0.39, 0.29) is 18.3 Å². The van der Waals surface area contributed by atoms with Gasteiger partial charge in [0.2, 0.25) is 0 Å². The van der Waals surface area contributed by atoms with Crippen LogP contribution < -0.4 is 5.32 Å². The summed E-state index contributed by atoms with van der Waals surface area (Å²) in [6, 6.07) is 15.3. The normalized spacial score (nSPS) is 11.8. The summed E-state index contributed by atoms with van der Waals surface area (Å²) >= 11 is 0. The van der Waals surface area contributed by atoms with Gasteiger partial charge in [-0.25, -0.2) is 0 Å². The molecule has 2 rings (SSSR count). The second kappa shape index (κ2) is 5.97. The monoisotopic (exact) mass is 258 g/mol. The van der Waals surface area contributed by atoms with E-state index in [1.165, 1.54) is 6.07 Å². The number of hydrogen-bond acceptors (Lipinski definition) is 4. The Balaban J connectivity index is 2.27. The Kier molecular flexibility index (Phi) is 4.10. The molecular formula is C14H14N2O3. The van der Waals surface area contributed by atoms with E-state index in [0.29, 0.717) is 5.69 Å². The molecule has 0 heterocycles. The molecule has 1 unspecified atom stereocenters. The van der Waals surface area contributed by atoms with Crippen LogP contribution in [0.15, 0.2) is 54.6 Å². The number of aliphatic hydroxyl groups is 1. The summed E-state index contributed by atoms with van der Waals surface area (Å²) in [5.41, 5.74) is 1.27. The lowest BCUT2D eigenvalue weighted by molar-refractivity contribution is -0.384. The highest BCUT2D eigenvalue weighted by Crippen LogP contribution is 2.27. The zero-order valence-electron chi connectivity index (χ0n) is 10.2. The van der Waals surface area contributed by atoms with E-state index in [2.05, 4.69) is 5.32 Å². The fourth-order valence-corrected chi connectivity index (χ4v) is 1.86. The van der Waals surface area contributed by atoms with Gasteiger partial charge in [0.05, 0.1) is 17.6 Å². The summed E-state index contributed by atoms with van der Waals surface area (Å²) in [4.78, 5) is 10.5. The Morgan fingerprint density at radius 2 is 1.74 bits per heavy atom. The summed E-state index contributed by atoms with van der Waals surface area (Å²) < 4.78 is 0. The van der Waals surface area contributed by atoms with Crippen LogP contribution in [0.2, 0.25) is 0 Å². The molecule has 98 valence electrons. The first-order valence-corrected chi connectivity index (χ1v) is 5.88. The Morgan fingerprint density at radius 3 is 2.37 bits per heavy atom. The van der Waals surface area contributed by atoms with E-state index in [4.69, 9.17) is 0 Å². The van der Waals surface area contributed by atoms with Crippen molar-refractivity contribution in [3.05, 3.63) is 70.3 Å². The first-order chi connectivity index (χ1) is 9.22. The predicted octanol–water partition coefficient (Wildman–Crippen LogP) is 2.74. The van der Waals surface area contributed by atoms with Gasteiger partial charge in [0.25, 0.3) is 5.69 Å². The van der Waals surface area contributed by atoms with Gasteiger partial charge in [-0.05, 0) is 11.6 Å². The molecule has 0 aliphatic rings. The lowest BCUT2D eigenvalue weighted by Gasteiger charge is -2.17. The number of hydrogen-bond donors (Lipinski definition) is 2. The second-order valence-corrected chi connectivity index (χ2v) is 4.06. The number of nitrogens with one attached hydrogen (secondary N) is 1. The van der Waals surface area contributed by atoms with Crippen molar-refractivity contribution in [1.82, 2.24) is 0 Å². The van der Waals surface area contributed by atoms with Crippen LogP contribution in [-0.4, -0.2) is 16.6 Å². The van der Waals surface area contributed by atoms with Crippen molar-refractivity contribution >= 4 is 11.4 Å². The van der Waals surface area contributed by atoms with Gasteiger partial charge in [-0.2, -0.15) is 0 Å². The molecule has 0 aromatic heterocycles. The molecule has 19 heavy (non-hydrogen) atoms. The minimum absolute atomic E-state index is 0.00289. The van der Waals surface area contributed by atoms with Crippen LogP contribution in [0.25, 0.3) is 0 Å². The highest BCUT2D eigenvalue weighted by Gasteiger charge is 2.16. The van der Waals surface area contributed by atoms with Crippen LogP contribution in [-0.2, 0) is 0 Å². The predicted molar refractivity (Wildman–Crippen MR) is 73.0 cm³/mol. The fourth-order valence-electron chi connectivity index (χ4n) is 1.86. The lowest BCUT2D eigenvalue weighted by Crippen LogP contribution is -2.15. The topological polar surface area (TPSA) is 75.4 Å². The summed E-state index contributed by atoms with van der Waals surface area (Å²) in [5, 5.41) is 23.4. The quantitative estimate of drug-likeness (QED) is 0.638. The molecule has 5 nitrogen and oxygen atoms in total. The Labute approximate surface area is 110 Å². The van der Waals surface area contributed by atoms with Gasteiger partial charge in [0.15, 0.2) is 0 Å². The van der Waals surface area contributed by atoms with E-state index in [0.717, 1.165) is 5.56 Å². The average Bonchev–Trinajstić information content (AvgIpc) is 2.46. The molecule has 0 saturated carbocycles. The van der Waals surface area contributed by atoms with Crippen LogP contribution >= 0.6 is 0 Å². The summed E-state index contributed by atoms with van der Waals surface area (Å²) in [6.07, 6.45) is 0. The highest BCUT2D eigenvalue weighted by atomic mass is 16.6. The van der Waals surface area contributed by atoms with Crippen molar-refractivity contribution < 1.29 is 10.0 Å². The van der Waals surface area contributed by atoms with Gasteiger partial charge in [-0.15, -0.1) is 0 Å². The molecule has 2 aromatic rings. The van der Waals surface area contributed by atoms with Gasteiger partial charge < -0.3 is 10.4 Å². The van der Waals surface area contributed by atoms with Crippen molar-refractivity contribution in [3.8, 4) is 0 Å². The first-order valence-electron chi connectivity index (χ1n) is 5.88. The molecule has 1 atom stereocenters. The van der Waals surface area contributed by atoms with Crippen molar-refractivity contribution in [1.29, 1.82) is 0 Å². The summed E-state index contributed by atoms with van der Waals surface area (Å²) in [7, 11) is 0. The Morgan fingerprint density at radius 1 is 1.11 bits per heavy atom.